The molecule has 21 heavy (non-hydrogen) atoms. The lowest BCUT2D eigenvalue weighted by Gasteiger charge is -2.41. The maximum absolute atomic E-state index is 5.72. The average molecular weight is 292 g/mol. The third kappa shape index (κ3) is 5.15. The molecule has 3 heteroatoms. The van der Waals surface area contributed by atoms with Gasteiger partial charge in [-0.2, -0.15) is 0 Å². The van der Waals surface area contributed by atoms with Crippen molar-refractivity contribution in [2.75, 3.05) is 20.1 Å². The van der Waals surface area contributed by atoms with Gasteiger partial charge in [0.05, 0.1) is 6.54 Å². The molecule has 0 unspecified atom stereocenters. The minimum absolute atomic E-state index is 0.443. The van der Waals surface area contributed by atoms with Gasteiger partial charge in [0.2, 0.25) is 0 Å². The molecular weight excluding hydrogens is 260 g/mol. The second-order valence-electron chi connectivity index (χ2n) is 7.28. The van der Waals surface area contributed by atoms with Crippen LogP contribution in [0.15, 0.2) is 16.5 Å². The zero-order valence-electron chi connectivity index (χ0n) is 14.2. The van der Waals surface area contributed by atoms with E-state index in [0.29, 0.717) is 11.5 Å². The van der Waals surface area contributed by atoms with Crippen LogP contribution in [-0.4, -0.2) is 31.1 Å². The summed E-state index contributed by atoms with van der Waals surface area (Å²) in [6, 6.07) is 4.73. The van der Waals surface area contributed by atoms with Crippen LogP contribution in [0, 0.1) is 12.3 Å². The molecule has 120 valence electrons. The molecule has 1 aromatic rings. The van der Waals surface area contributed by atoms with Gasteiger partial charge in [0.25, 0.3) is 0 Å². The Morgan fingerprint density at radius 1 is 1.24 bits per heavy atom. The van der Waals surface area contributed by atoms with Gasteiger partial charge in [-0.15, -0.1) is 0 Å². The maximum atomic E-state index is 5.72. The molecule has 0 saturated heterocycles. The van der Waals surface area contributed by atoms with Gasteiger partial charge >= 0.3 is 0 Å². The monoisotopic (exact) mass is 292 g/mol. The predicted octanol–water partition coefficient (Wildman–Crippen LogP) is 3.97. The standard InChI is InChI=1S/C18H32N2O/c1-15(2)19-13-18(10-6-5-7-11-18)14-20(4)12-17-9-8-16(3)21-17/h8-9,15,19H,5-7,10-14H2,1-4H3. The first-order chi connectivity index (χ1) is 9.99. The maximum Gasteiger partial charge on any atom is 0.118 e. The van der Waals surface area contributed by atoms with E-state index in [1.165, 1.54) is 32.1 Å². The van der Waals surface area contributed by atoms with Gasteiger partial charge in [0.15, 0.2) is 0 Å². The molecule has 1 aromatic heterocycles. The Morgan fingerprint density at radius 3 is 2.52 bits per heavy atom. The van der Waals surface area contributed by atoms with Crippen LogP contribution in [0.3, 0.4) is 0 Å². The second-order valence-corrected chi connectivity index (χ2v) is 7.28. The van der Waals surface area contributed by atoms with E-state index in [0.717, 1.165) is 31.2 Å². The van der Waals surface area contributed by atoms with Crippen molar-refractivity contribution in [1.29, 1.82) is 0 Å². The fraction of sp³-hybridized carbons (Fsp3) is 0.778. The van der Waals surface area contributed by atoms with Crippen molar-refractivity contribution in [2.24, 2.45) is 5.41 Å². The molecule has 0 spiro atoms. The summed E-state index contributed by atoms with van der Waals surface area (Å²) in [6.45, 7) is 9.71. The molecule has 0 radical (unpaired) electrons. The molecule has 1 saturated carbocycles. The molecule has 0 aromatic carbocycles. The number of rotatable bonds is 7. The van der Waals surface area contributed by atoms with Gasteiger partial charge in [-0.05, 0) is 44.4 Å². The average Bonchev–Trinajstić information content (AvgIpc) is 2.83. The van der Waals surface area contributed by atoms with Crippen molar-refractivity contribution in [3.8, 4) is 0 Å². The van der Waals surface area contributed by atoms with Crippen LogP contribution in [0.1, 0.15) is 57.5 Å². The Kier molecular flexibility index (Phi) is 5.88. The summed E-state index contributed by atoms with van der Waals surface area (Å²) < 4.78 is 5.72. The highest BCUT2D eigenvalue weighted by Crippen LogP contribution is 2.36. The molecular formula is C18H32N2O. The van der Waals surface area contributed by atoms with E-state index in [9.17, 15) is 0 Å². The summed E-state index contributed by atoms with van der Waals surface area (Å²) in [5, 5.41) is 3.68. The van der Waals surface area contributed by atoms with Gasteiger partial charge in [-0.3, -0.25) is 4.90 Å². The largest absolute Gasteiger partial charge is 0.465 e. The van der Waals surface area contributed by atoms with Gasteiger partial charge in [-0.1, -0.05) is 33.1 Å². The minimum atomic E-state index is 0.443. The van der Waals surface area contributed by atoms with E-state index >= 15 is 0 Å². The minimum Gasteiger partial charge on any atom is -0.465 e. The van der Waals surface area contributed by atoms with Crippen LogP contribution in [0.25, 0.3) is 0 Å². The Hall–Kier alpha value is -0.800. The van der Waals surface area contributed by atoms with E-state index in [2.05, 4.69) is 43.2 Å². The van der Waals surface area contributed by atoms with E-state index in [1.54, 1.807) is 0 Å². The highest BCUT2D eigenvalue weighted by molar-refractivity contribution is 5.05. The molecule has 1 heterocycles. The van der Waals surface area contributed by atoms with Gasteiger partial charge in [0.1, 0.15) is 11.5 Å². The highest BCUT2D eigenvalue weighted by atomic mass is 16.3. The Balaban J connectivity index is 1.93. The third-order valence-corrected chi connectivity index (χ3v) is 4.63. The lowest BCUT2D eigenvalue weighted by atomic mass is 9.73. The molecule has 0 aliphatic heterocycles. The number of furan rings is 1. The molecule has 3 nitrogen and oxygen atoms in total. The highest BCUT2D eigenvalue weighted by Gasteiger charge is 2.33. The lowest BCUT2D eigenvalue weighted by Crippen LogP contribution is -2.45. The van der Waals surface area contributed by atoms with Crippen molar-refractivity contribution < 1.29 is 4.42 Å². The zero-order valence-corrected chi connectivity index (χ0v) is 14.2. The summed E-state index contributed by atoms with van der Waals surface area (Å²) in [7, 11) is 2.23. The van der Waals surface area contributed by atoms with Crippen molar-refractivity contribution in [2.45, 2.75) is 65.5 Å². The first-order valence-corrected chi connectivity index (χ1v) is 8.46. The fourth-order valence-electron chi connectivity index (χ4n) is 3.58. The molecule has 1 aliphatic rings. The first kappa shape index (κ1) is 16.6. The third-order valence-electron chi connectivity index (χ3n) is 4.63. The van der Waals surface area contributed by atoms with E-state index in [1.807, 2.05) is 6.92 Å². The second kappa shape index (κ2) is 7.46. The fourth-order valence-corrected chi connectivity index (χ4v) is 3.58. The van der Waals surface area contributed by atoms with E-state index in [4.69, 9.17) is 4.42 Å². The van der Waals surface area contributed by atoms with E-state index < -0.39 is 0 Å². The summed E-state index contributed by atoms with van der Waals surface area (Å²) in [4.78, 5) is 2.44. The zero-order chi connectivity index (χ0) is 15.3. The van der Waals surface area contributed by atoms with Crippen molar-refractivity contribution in [1.82, 2.24) is 10.2 Å². The summed E-state index contributed by atoms with van der Waals surface area (Å²) in [5.41, 5.74) is 0.443. The Morgan fingerprint density at radius 2 is 1.95 bits per heavy atom. The van der Waals surface area contributed by atoms with Crippen LogP contribution >= 0.6 is 0 Å². The van der Waals surface area contributed by atoms with Crippen LogP contribution in [0.4, 0.5) is 0 Å². The number of aryl methyl sites for hydroxylation is 1. The van der Waals surface area contributed by atoms with Gasteiger partial charge in [-0.25, -0.2) is 0 Å². The quantitative estimate of drug-likeness (QED) is 0.824. The number of hydrogen-bond acceptors (Lipinski definition) is 3. The molecule has 1 fully saturated rings. The van der Waals surface area contributed by atoms with Crippen molar-refractivity contribution in [3.05, 3.63) is 23.7 Å². The predicted molar refractivity (Wildman–Crippen MR) is 88.4 cm³/mol. The first-order valence-electron chi connectivity index (χ1n) is 8.46. The molecule has 0 atom stereocenters. The lowest BCUT2D eigenvalue weighted by molar-refractivity contribution is 0.107. The summed E-state index contributed by atoms with van der Waals surface area (Å²) in [5.74, 6) is 2.09. The molecule has 1 N–H and O–H groups in total. The normalized spacial score (nSPS) is 18.6. The molecule has 1 aliphatic carbocycles. The van der Waals surface area contributed by atoms with Crippen LogP contribution in [0.2, 0.25) is 0 Å². The topological polar surface area (TPSA) is 28.4 Å². The van der Waals surface area contributed by atoms with Crippen LogP contribution in [-0.2, 0) is 6.54 Å². The van der Waals surface area contributed by atoms with E-state index in [-0.39, 0.29) is 0 Å². The Bertz CT molecular complexity index is 419. The van der Waals surface area contributed by atoms with Crippen molar-refractivity contribution >= 4 is 0 Å². The SMILES string of the molecule is Cc1ccc(CN(C)CC2(CNC(C)C)CCCCC2)o1. The number of nitrogens with zero attached hydrogens (tertiary/aromatic N) is 1. The van der Waals surface area contributed by atoms with Gasteiger partial charge < -0.3 is 9.73 Å². The smallest absolute Gasteiger partial charge is 0.118 e. The molecule has 0 amide bonds. The summed E-state index contributed by atoms with van der Waals surface area (Å²) in [6.07, 6.45) is 6.88. The number of nitrogens with one attached hydrogen (secondary N) is 1. The Labute approximate surface area is 130 Å². The van der Waals surface area contributed by atoms with Gasteiger partial charge in [0, 0.05) is 19.1 Å². The van der Waals surface area contributed by atoms with Crippen molar-refractivity contribution in [3.63, 3.8) is 0 Å². The van der Waals surface area contributed by atoms with Crippen LogP contribution in [0.5, 0.6) is 0 Å². The number of hydrogen-bond donors (Lipinski definition) is 1. The van der Waals surface area contributed by atoms with Crippen LogP contribution < -0.4 is 5.32 Å². The summed E-state index contributed by atoms with van der Waals surface area (Å²) >= 11 is 0. The molecule has 2 rings (SSSR count). The molecule has 0 bridgehead atoms.